The van der Waals surface area contributed by atoms with Crippen molar-refractivity contribution in [2.45, 2.75) is 19.0 Å². The number of fused-ring (bicyclic) bond motifs is 1. The zero-order chi connectivity index (χ0) is 12.2. The van der Waals surface area contributed by atoms with Crippen LogP contribution >= 0.6 is 0 Å². The van der Waals surface area contributed by atoms with Crippen LogP contribution in [0.3, 0.4) is 0 Å². The van der Waals surface area contributed by atoms with Gasteiger partial charge in [0.1, 0.15) is 5.76 Å². The van der Waals surface area contributed by atoms with E-state index in [1.807, 2.05) is 0 Å². The summed E-state index contributed by atoms with van der Waals surface area (Å²) in [4.78, 5) is 2.41. The van der Waals surface area contributed by atoms with Crippen molar-refractivity contribution in [1.29, 1.82) is 0 Å². The van der Waals surface area contributed by atoms with E-state index in [0.29, 0.717) is 29.3 Å². The molecule has 2 saturated heterocycles. The van der Waals surface area contributed by atoms with Gasteiger partial charge in [-0.15, -0.1) is 0 Å². The van der Waals surface area contributed by atoms with Gasteiger partial charge in [0, 0.05) is 25.0 Å². The first-order chi connectivity index (χ1) is 8.08. The van der Waals surface area contributed by atoms with E-state index >= 15 is 0 Å². The van der Waals surface area contributed by atoms with Crippen molar-refractivity contribution in [1.82, 2.24) is 10.2 Å². The summed E-state index contributed by atoms with van der Waals surface area (Å²) in [7, 11) is 3.92. The summed E-state index contributed by atoms with van der Waals surface area (Å²) >= 11 is 0. The molecule has 3 aliphatic heterocycles. The van der Waals surface area contributed by atoms with E-state index in [1.54, 1.807) is 7.11 Å². The third-order valence-corrected chi connectivity index (χ3v) is 5.12. The first-order valence-corrected chi connectivity index (χ1v) is 6.42. The van der Waals surface area contributed by atoms with Gasteiger partial charge in [0.05, 0.1) is 13.2 Å². The number of rotatable bonds is 2. The van der Waals surface area contributed by atoms with Crippen molar-refractivity contribution in [3.8, 4) is 0 Å². The molecule has 3 heterocycles. The number of likely N-dealkylation sites (tertiary alicyclic amines) is 1. The highest BCUT2D eigenvalue weighted by atomic mass is 16.5. The van der Waals surface area contributed by atoms with Gasteiger partial charge in [0.2, 0.25) is 0 Å². The number of methoxy groups -OCH3 is 1. The van der Waals surface area contributed by atoms with Crippen LogP contribution in [0.2, 0.25) is 0 Å². The van der Waals surface area contributed by atoms with Crippen molar-refractivity contribution in [2.24, 2.45) is 17.3 Å². The fourth-order valence-corrected chi connectivity index (χ4v) is 4.27. The number of nitrogens with zero attached hydrogens (tertiary/aromatic N) is 1. The zero-order valence-electron chi connectivity index (χ0n) is 10.9. The minimum atomic E-state index is 0.343. The Morgan fingerprint density at radius 3 is 2.88 bits per heavy atom. The predicted molar refractivity (Wildman–Crippen MR) is 68.6 cm³/mol. The summed E-state index contributed by atoms with van der Waals surface area (Å²) < 4.78 is 5.42. The summed E-state index contributed by atoms with van der Waals surface area (Å²) in [6.45, 7) is 8.78. The summed E-state index contributed by atoms with van der Waals surface area (Å²) in [6, 6.07) is 0.821. The molecule has 0 aromatic carbocycles. The number of hydrogen-bond donors (Lipinski definition) is 1. The lowest BCUT2D eigenvalue weighted by Crippen LogP contribution is -2.59. The van der Waals surface area contributed by atoms with Crippen LogP contribution in [0.4, 0.5) is 0 Å². The van der Waals surface area contributed by atoms with Gasteiger partial charge in [-0.2, -0.15) is 0 Å². The average molecular weight is 234 g/mol. The van der Waals surface area contributed by atoms with Gasteiger partial charge in [-0.1, -0.05) is 25.7 Å². The van der Waals surface area contributed by atoms with Crippen LogP contribution in [0.25, 0.3) is 0 Å². The van der Waals surface area contributed by atoms with Crippen LogP contribution in [0.5, 0.6) is 0 Å². The van der Waals surface area contributed by atoms with Gasteiger partial charge in [-0.3, -0.25) is 4.90 Å². The van der Waals surface area contributed by atoms with Crippen LogP contribution in [0.15, 0.2) is 24.5 Å². The molecule has 5 atom stereocenters. The van der Waals surface area contributed by atoms with Gasteiger partial charge in [-0.25, -0.2) is 0 Å². The van der Waals surface area contributed by atoms with E-state index in [2.05, 4.69) is 42.9 Å². The number of nitrogens with one attached hydrogen (secondary N) is 1. The lowest BCUT2D eigenvalue weighted by atomic mass is 9.59. The quantitative estimate of drug-likeness (QED) is 0.575. The Morgan fingerprint density at radius 2 is 2.29 bits per heavy atom. The van der Waals surface area contributed by atoms with Crippen LogP contribution in [0.1, 0.15) is 6.92 Å². The molecule has 0 spiro atoms. The van der Waals surface area contributed by atoms with Crippen molar-refractivity contribution < 1.29 is 4.74 Å². The summed E-state index contributed by atoms with van der Waals surface area (Å²) in [5.41, 5.74) is 0.367. The molecular formula is C14H22N2O. The Kier molecular flexibility index (Phi) is 2.39. The second-order valence-electron chi connectivity index (χ2n) is 5.99. The largest absolute Gasteiger partial charge is 0.500 e. The number of likely N-dealkylation sites (N-methyl/N-ethyl adjacent to an activating group) is 1. The average Bonchev–Trinajstić information content (AvgIpc) is 2.62. The van der Waals surface area contributed by atoms with Crippen LogP contribution in [-0.2, 0) is 4.74 Å². The van der Waals surface area contributed by atoms with Crippen molar-refractivity contribution in [3.63, 3.8) is 0 Å². The maximum absolute atomic E-state index is 5.42. The molecule has 0 aromatic heterocycles. The minimum Gasteiger partial charge on any atom is -0.500 e. The van der Waals surface area contributed by atoms with E-state index in [1.165, 1.54) is 0 Å². The Morgan fingerprint density at radius 1 is 1.53 bits per heavy atom. The summed E-state index contributed by atoms with van der Waals surface area (Å²) in [5, 5.41) is 3.63. The van der Waals surface area contributed by atoms with Crippen molar-refractivity contribution in [3.05, 3.63) is 24.5 Å². The molecule has 2 fully saturated rings. The molecule has 0 amide bonds. The Balaban J connectivity index is 2.00. The first kappa shape index (κ1) is 11.3. The van der Waals surface area contributed by atoms with Crippen LogP contribution in [0, 0.1) is 17.3 Å². The second kappa shape index (κ2) is 3.59. The number of piperidine rings is 1. The summed E-state index contributed by atoms with van der Waals surface area (Å²) in [5.74, 6) is 2.14. The molecule has 2 bridgehead atoms. The maximum Gasteiger partial charge on any atom is 0.106 e. The molecule has 4 aliphatic rings. The van der Waals surface area contributed by atoms with Gasteiger partial charge in [0.15, 0.2) is 0 Å². The van der Waals surface area contributed by atoms with E-state index in [0.717, 1.165) is 18.8 Å². The Bertz CT molecular complexity index is 378. The highest BCUT2D eigenvalue weighted by molar-refractivity contribution is 5.26. The normalized spacial score (nSPS) is 48.2. The zero-order valence-corrected chi connectivity index (χ0v) is 10.9. The summed E-state index contributed by atoms with van der Waals surface area (Å²) in [6.07, 6.45) is 4.75. The molecule has 0 saturated carbocycles. The van der Waals surface area contributed by atoms with Crippen molar-refractivity contribution in [2.75, 3.05) is 27.2 Å². The molecular weight excluding hydrogens is 212 g/mol. The first-order valence-electron chi connectivity index (χ1n) is 6.42. The van der Waals surface area contributed by atoms with Gasteiger partial charge in [-0.05, 0) is 18.4 Å². The molecule has 3 nitrogen and oxygen atoms in total. The molecule has 3 heteroatoms. The highest BCUT2D eigenvalue weighted by Crippen LogP contribution is 2.53. The van der Waals surface area contributed by atoms with E-state index < -0.39 is 0 Å². The molecule has 0 radical (unpaired) electrons. The fourth-order valence-electron chi connectivity index (χ4n) is 4.27. The monoisotopic (exact) mass is 234 g/mol. The van der Waals surface area contributed by atoms with Gasteiger partial charge < -0.3 is 10.1 Å². The maximum atomic E-state index is 5.42. The third kappa shape index (κ3) is 1.36. The van der Waals surface area contributed by atoms with E-state index in [4.69, 9.17) is 4.74 Å². The standard InChI is InChI=1S/C14H22N2O/c1-9(17-4)13-12-11-6-5-10(7-15-11)14(12,2)8-16(13)3/h5-6,10-13,15H,1,7-8H2,2-4H3/t10-,11-,12-,13-,14-/m1/s1. The second-order valence-corrected chi connectivity index (χ2v) is 5.99. The van der Waals surface area contributed by atoms with Crippen LogP contribution in [-0.4, -0.2) is 44.2 Å². The Hall–Kier alpha value is -0.800. The lowest BCUT2D eigenvalue weighted by molar-refractivity contribution is 0.0742. The highest BCUT2D eigenvalue weighted by Gasteiger charge is 2.58. The van der Waals surface area contributed by atoms with Gasteiger partial charge in [0.25, 0.3) is 0 Å². The molecule has 0 aromatic rings. The molecule has 0 unspecified atom stereocenters. The van der Waals surface area contributed by atoms with Crippen molar-refractivity contribution >= 4 is 0 Å². The Labute approximate surface area is 104 Å². The third-order valence-electron chi connectivity index (χ3n) is 5.12. The molecule has 1 aliphatic carbocycles. The van der Waals surface area contributed by atoms with Gasteiger partial charge >= 0.3 is 0 Å². The van der Waals surface area contributed by atoms with Crippen LogP contribution < -0.4 is 5.32 Å². The molecule has 4 rings (SSSR count). The van der Waals surface area contributed by atoms with E-state index in [9.17, 15) is 0 Å². The van der Waals surface area contributed by atoms with E-state index in [-0.39, 0.29) is 0 Å². The topological polar surface area (TPSA) is 24.5 Å². The number of hydrogen-bond acceptors (Lipinski definition) is 3. The number of ether oxygens (including phenoxy) is 1. The molecule has 94 valence electrons. The predicted octanol–water partition coefficient (Wildman–Crippen LogP) is 1.24. The molecule has 17 heavy (non-hydrogen) atoms. The molecule has 1 N–H and O–H groups in total. The minimum absolute atomic E-state index is 0.343. The smallest absolute Gasteiger partial charge is 0.106 e. The fraction of sp³-hybridized carbons (Fsp3) is 0.714. The lowest BCUT2D eigenvalue weighted by Gasteiger charge is -2.50. The SMILES string of the molecule is C=C(OC)[C@@H]1[C@H]2[C@H]3C=C[C@H](CN3)[C@@]2(C)CN1C.